The molecule has 0 unspecified atom stereocenters. The zero-order valence-corrected chi connectivity index (χ0v) is 19.6. The zero-order valence-electron chi connectivity index (χ0n) is 19.6. The Morgan fingerprint density at radius 1 is 1.09 bits per heavy atom. The second-order valence-corrected chi connectivity index (χ2v) is 10.1. The number of nitrogens with one attached hydrogen (secondary N) is 2. The summed E-state index contributed by atoms with van der Waals surface area (Å²) in [6, 6.07) is 11.7. The van der Waals surface area contributed by atoms with E-state index < -0.39 is 0 Å². The molecule has 3 fully saturated rings. The number of aromatic nitrogens is 2. The fraction of sp³-hybridized carbons (Fsp3) is 0.577. The Bertz CT molecular complexity index is 932. The highest BCUT2D eigenvalue weighted by molar-refractivity contribution is 5.88. The molecule has 7 nitrogen and oxygen atoms in total. The van der Waals surface area contributed by atoms with E-state index in [0.717, 1.165) is 54.4 Å². The number of rotatable bonds is 7. The molecular formula is C26H35N5O2. The van der Waals surface area contributed by atoms with E-state index in [0.29, 0.717) is 5.41 Å². The molecule has 176 valence electrons. The van der Waals surface area contributed by atoms with Gasteiger partial charge in [-0.15, -0.1) is 10.2 Å². The van der Waals surface area contributed by atoms with Gasteiger partial charge >= 0.3 is 0 Å². The van der Waals surface area contributed by atoms with E-state index in [4.69, 9.17) is 4.74 Å². The Morgan fingerprint density at radius 2 is 1.85 bits per heavy atom. The molecule has 2 saturated heterocycles. The lowest BCUT2D eigenvalue weighted by atomic mass is 9.89. The average molecular weight is 450 g/mol. The molecule has 7 heteroatoms. The number of carbonyl (C=O) groups is 1. The molecule has 3 aliphatic rings. The first-order valence-corrected chi connectivity index (χ1v) is 12.4. The van der Waals surface area contributed by atoms with E-state index >= 15 is 0 Å². The van der Waals surface area contributed by atoms with Crippen LogP contribution in [-0.2, 0) is 9.53 Å². The molecule has 1 aromatic carbocycles. The monoisotopic (exact) mass is 449 g/mol. The van der Waals surface area contributed by atoms with Crippen LogP contribution in [0.4, 0.5) is 11.5 Å². The quantitative estimate of drug-likeness (QED) is 0.664. The van der Waals surface area contributed by atoms with Gasteiger partial charge in [0.2, 0.25) is 5.91 Å². The number of hydrogen-bond donors (Lipinski definition) is 2. The lowest BCUT2D eigenvalue weighted by Crippen LogP contribution is -2.39. The van der Waals surface area contributed by atoms with Crippen molar-refractivity contribution in [1.29, 1.82) is 0 Å². The second kappa shape index (κ2) is 9.77. The van der Waals surface area contributed by atoms with Gasteiger partial charge in [-0.25, -0.2) is 0 Å². The number of carbonyl (C=O) groups excluding carboxylic acids is 1. The maximum Gasteiger partial charge on any atom is 0.221 e. The van der Waals surface area contributed by atoms with Gasteiger partial charge in [0.25, 0.3) is 0 Å². The van der Waals surface area contributed by atoms with Gasteiger partial charge in [-0.05, 0) is 86.7 Å². The van der Waals surface area contributed by atoms with E-state index in [1.807, 2.05) is 36.4 Å². The van der Waals surface area contributed by atoms with Gasteiger partial charge in [-0.2, -0.15) is 0 Å². The van der Waals surface area contributed by atoms with Crippen LogP contribution in [0.5, 0.6) is 0 Å². The third-order valence-electron chi connectivity index (χ3n) is 7.76. The van der Waals surface area contributed by atoms with Gasteiger partial charge in [-0.3, -0.25) is 4.79 Å². The summed E-state index contributed by atoms with van der Waals surface area (Å²) >= 11 is 0. The summed E-state index contributed by atoms with van der Waals surface area (Å²) in [7, 11) is 0. The average Bonchev–Trinajstić information content (AvgIpc) is 3.52. The minimum Gasteiger partial charge on any atom is -0.381 e. The third kappa shape index (κ3) is 5.53. The van der Waals surface area contributed by atoms with Gasteiger partial charge in [-0.1, -0.05) is 12.1 Å². The molecular weight excluding hydrogens is 414 g/mol. The van der Waals surface area contributed by atoms with E-state index in [9.17, 15) is 4.79 Å². The van der Waals surface area contributed by atoms with Crippen molar-refractivity contribution in [2.45, 2.75) is 39.0 Å². The summed E-state index contributed by atoms with van der Waals surface area (Å²) < 4.78 is 5.51. The topological polar surface area (TPSA) is 79.4 Å². The number of anilines is 2. The fourth-order valence-corrected chi connectivity index (χ4v) is 5.54. The van der Waals surface area contributed by atoms with Crippen molar-refractivity contribution in [3.63, 3.8) is 0 Å². The molecule has 1 aromatic heterocycles. The van der Waals surface area contributed by atoms with E-state index in [-0.39, 0.29) is 5.91 Å². The fourth-order valence-electron chi connectivity index (χ4n) is 5.54. The van der Waals surface area contributed by atoms with Crippen molar-refractivity contribution in [3.05, 3.63) is 36.4 Å². The first-order chi connectivity index (χ1) is 16.1. The van der Waals surface area contributed by atoms with Crippen molar-refractivity contribution in [1.82, 2.24) is 15.1 Å². The number of hydrogen-bond acceptors (Lipinski definition) is 6. The van der Waals surface area contributed by atoms with Crippen LogP contribution in [0.3, 0.4) is 0 Å². The third-order valence-corrected chi connectivity index (χ3v) is 7.76. The van der Waals surface area contributed by atoms with E-state index in [1.165, 1.54) is 58.7 Å². The van der Waals surface area contributed by atoms with Crippen LogP contribution in [-0.4, -0.2) is 60.4 Å². The molecule has 3 heterocycles. The highest BCUT2D eigenvalue weighted by Crippen LogP contribution is 2.59. The van der Waals surface area contributed by atoms with Gasteiger partial charge in [0.1, 0.15) is 5.82 Å². The molecule has 0 bridgehead atoms. The zero-order chi connectivity index (χ0) is 22.7. The van der Waals surface area contributed by atoms with Gasteiger partial charge in [0, 0.05) is 44.5 Å². The molecule has 2 aliphatic heterocycles. The standard InChI is InChI=1S/C26H35N5O2/c1-19(32)28-23-4-2-21(3-5-23)24-6-7-25(30-29-24)27-17-22-16-26(22)10-12-31(13-11-26)18-20-8-14-33-15-9-20/h2-7,20,22H,8-18H2,1H3,(H,27,30)(H,28,32)/t22-/m1/s1. The van der Waals surface area contributed by atoms with Crippen molar-refractivity contribution < 1.29 is 9.53 Å². The summed E-state index contributed by atoms with van der Waals surface area (Å²) in [6.07, 6.45) is 6.48. The smallest absolute Gasteiger partial charge is 0.221 e. The normalized spacial score (nSPS) is 22.8. The van der Waals surface area contributed by atoms with Crippen LogP contribution in [0.1, 0.15) is 39.0 Å². The molecule has 5 rings (SSSR count). The Balaban J connectivity index is 1.06. The van der Waals surface area contributed by atoms with E-state index in [2.05, 4.69) is 25.7 Å². The lowest BCUT2D eigenvalue weighted by molar-refractivity contribution is -0.114. The molecule has 0 radical (unpaired) electrons. The van der Waals surface area contributed by atoms with Crippen LogP contribution in [0.15, 0.2) is 36.4 Å². The minimum absolute atomic E-state index is 0.0732. The molecule has 1 amide bonds. The maximum atomic E-state index is 11.2. The minimum atomic E-state index is -0.0732. The molecule has 1 aliphatic carbocycles. The van der Waals surface area contributed by atoms with Gasteiger partial charge < -0.3 is 20.3 Å². The molecule has 1 saturated carbocycles. The Kier molecular flexibility index (Phi) is 6.60. The summed E-state index contributed by atoms with van der Waals surface area (Å²) in [6.45, 7) is 8.16. The Morgan fingerprint density at radius 3 is 2.52 bits per heavy atom. The number of amides is 1. The predicted octanol–water partition coefficient (Wildman–Crippen LogP) is 4.04. The Labute approximate surface area is 196 Å². The highest BCUT2D eigenvalue weighted by Gasteiger charge is 2.54. The molecule has 33 heavy (non-hydrogen) atoms. The van der Waals surface area contributed by atoms with Gasteiger partial charge in [0.05, 0.1) is 5.69 Å². The van der Waals surface area contributed by atoms with Crippen LogP contribution >= 0.6 is 0 Å². The van der Waals surface area contributed by atoms with E-state index in [1.54, 1.807) is 0 Å². The van der Waals surface area contributed by atoms with Crippen molar-refractivity contribution in [2.75, 3.05) is 50.0 Å². The van der Waals surface area contributed by atoms with Crippen LogP contribution in [0, 0.1) is 17.3 Å². The Hall–Kier alpha value is -2.51. The SMILES string of the molecule is CC(=O)Nc1ccc(-c2ccc(NC[C@H]3CC34CCN(CC3CCOCC3)CC4)nn2)cc1. The van der Waals surface area contributed by atoms with Crippen LogP contribution in [0.2, 0.25) is 0 Å². The van der Waals surface area contributed by atoms with Crippen molar-refractivity contribution in [2.24, 2.45) is 17.3 Å². The first-order valence-electron chi connectivity index (χ1n) is 12.4. The summed E-state index contributed by atoms with van der Waals surface area (Å²) in [5.74, 6) is 2.36. The maximum absolute atomic E-state index is 11.2. The summed E-state index contributed by atoms with van der Waals surface area (Å²) in [5.41, 5.74) is 3.15. The van der Waals surface area contributed by atoms with Crippen LogP contribution in [0.25, 0.3) is 11.3 Å². The molecule has 1 spiro atoms. The van der Waals surface area contributed by atoms with Crippen molar-refractivity contribution in [3.8, 4) is 11.3 Å². The van der Waals surface area contributed by atoms with Crippen molar-refractivity contribution >= 4 is 17.4 Å². The number of nitrogens with zero attached hydrogens (tertiary/aromatic N) is 3. The van der Waals surface area contributed by atoms with Gasteiger partial charge in [0.15, 0.2) is 0 Å². The largest absolute Gasteiger partial charge is 0.381 e. The summed E-state index contributed by atoms with van der Waals surface area (Å²) in [5, 5.41) is 15.1. The number of piperidine rings is 1. The highest BCUT2D eigenvalue weighted by atomic mass is 16.5. The first kappa shape index (κ1) is 22.3. The molecule has 2 aromatic rings. The molecule has 2 N–H and O–H groups in total. The lowest BCUT2D eigenvalue weighted by Gasteiger charge is -2.36. The van der Waals surface area contributed by atoms with Crippen LogP contribution < -0.4 is 10.6 Å². The number of ether oxygens (including phenoxy) is 1. The number of benzene rings is 1. The predicted molar refractivity (Wildman–Crippen MR) is 130 cm³/mol. The number of likely N-dealkylation sites (tertiary alicyclic amines) is 1. The molecule has 1 atom stereocenters. The second-order valence-electron chi connectivity index (χ2n) is 10.1. The summed E-state index contributed by atoms with van der Waals surface area (Å²) in [4.78, 5) is 13.9.